The first-order chi connectivity index (χ1) is 11.2. The standard InChI is InChI=1S/C18H24FN3O/c19-14-7-5-12(6-8-14)13-9-10-22(11-13)18(23)17-15-3-1-2-4-16(15)20-21-17/h5-8,13,15-17,20-21H,1-4,9-11H2. The maximum Gasteiger partial charge on any atom is 0.241 e. The second-order valence-electron chi connectivity index (χ2n) is 7.14. The van der Waals surface area contributed by atoms with Gasteiger partial charge in [0, 0.05) is 31.0 Å². The number of fused-ring (bicyclic) bond motifs is 1. The van der Waals surface area contributed by atoms with Gasteiger partial charge in [-0.1, -0.05) is 25.0 Å². The van der Waals surface area contributed by atoms with Gasteiger partial charge in [0.25, 0.3) is 0 Å². The molecule has 3 aliphatic rings. The van der Waals surface area contributed by atoms with Crippen LogP contribution in [-0.2, 0) is 4.79 Å². The molecule has 1 aromatic rings. The molecule has 0 spiro atoms. The molecule has 0 radical (unpaired) electrons. The number of rotatable bonds is 2. The van der Waals surface area contributed by atoms with Crippen LogP contribution in [0.25, 0.3) is 0 Å². The number of hydrogen-bond donors (Lipinski definition) is 2. The van der Waals surface area contributed by atoms with E-state index in [-0.39, 0.29) is 17.8 Å². The topological polar surface area (TPSA) is 44.4 Å². The monoisotopic (exact) mass is 317 g/mol. The molecule has 1 saturated carbocycles. The fourth-order valence-corrected chi connectivity index (χ4v) is 4.45. The molecule has 2 heterocycles. The number of nitrogens with zero attached hydrogens (tertiary/aromatic N) is 1. The second-order valence-corrected chi connectivity index (χ2v) is 7.14. The predicted octanol–water partition coefficient (Wildman–Crippen LogP) is 2.18. The van der Waals surface area contributed by atoms with Crippen LogP contribution in [0, 0.1) is 11.7 Å². The minimum atomic E-state index is -0.204. The van der Waals surface area contributed by atoms with E-state index < -0.39 is 0 Å². The van der Waals surface area contributed by atoms with E-state index in [2.05, 4.69) is 10.9 Å². The highest BCUT2D eigenvalue weighted by Crippen LogP contribution is 2.33. The maximum absolute atomic E-state index is 13.1. The second kappa shape index (κ2) is 6.21. The molecule has 4 rings (SSSR count). The van der Waals surface area contributed by atoms with E-state index in [4.69, 9.17) is 0 Å². The highest BCUT2D eigenvalue weighted by atomic mass is 19.1. The predicted molar refractivity (Wildman–Crippen MR) is 86.1 cm³/mol. The van der Waals surface area contributed by atoms with E-state index in [1.165, 1.54) is 31.4 Å². The van der Waals surface area contributed by atoms with Crippen molar-refractivity contribution >= 4 is 5.91 Å². The maximum atomic E-state index is 13.1. The van der Waals surface area contributed by atoms with Crippen LogP contribution in [0.1, 0.15) is 43.6 Å². The Hall–Kier alpha value is -1.46. The molecule has 2 aliphatic heterocycles. The van der Waals surface area contributed by atoms with Crippen molar-refractivity contribution in [2.45, 2.75) is 50.1 Å². The minimum absolute atomic E-state index is 0.0766. The van der Waals surface area contributed by atoms with E-state index in [1.807, 2.05) is 17.0 Å². The molecule has 1 aromatic carbocycles. The summed E-state index contributed by atoms with van der Waals surface area (Å²) in [7, 11) is 0. The van der Waals surface area contributed by atoms with Gasteiger partial charge in [-0.15, -0.1) is 0 Å². The third-order valence-corrected chi connectivity index (χ3v) is 5.78. The van der Waals surface area contributed by atoms with Crippen LogP contribution in [-0.4, -0.2) is 36.0 Å². The zero-order valence-corrected chi connectivity index (χ0v) is 13.3. The quantitative estimate of drug-likeness (QED) is 0.879. The van der Waals surface area contributed by atoms with Gasteiger partial charge in [0.15, 0.2) is 0 Å². The van der Waals surface area contributed by atoms with Crippen molar-refractivity contribution in [3.8, 4) is 0 Å². The summed E-state index contributed by atoms with van der Waals surface area (Å²) in [6.45, 7) is 1.55. The molecule has 0 bridgehead atoms. The molecule has 2 saturated heterocycles. The van der Waals surface area contributed by atoms with Gasteiger partial charge in [-0.05, 0) is 37.0 Å². The van der Waals surface area contributed by atoms with Crippen molar-refractivity contribution in [1.29, 1.82) is 0 Å². The Kier molecular flexibility index (Phi) is 4.07. The first-order valence-corrected chi connectivity index (χ1v) is 8.77. The summed E-state index contributed by atoms with van der Waals surface area (Å²) in [4.78, 5) is 14.9. The smallest absolute Gasteiger partial charge is 0.241 e. The molecule has 5 heteroatoms. The lowest BCUT2D eigenvalue weighted by Crippen LogP contribution is -2.47. The summed E-state index contributed by atoms with van der Waals surface area (Å²) in [5.74, 6) is 0.790. The Morgan fingerprint density at radius 1 is 1.09 bits per heavy atom. The van der Waals surface area contributed by atoms with E-state index >= 15 is 0 Å². The summed E-state index contributed by atoms with van der Waals surface area (Å²) >= 11 is 0. The number of hydrogen-bond acceptors (Lipinski definition) is 3. The van der Waals surface area contributed by atoms with Gasteiger partial charge < -0.3 is 4.90 Å². The van der Waals surface area contributed by atoms with Crippen molar-refractivity contribution in [1.82, 2.24) is 15.8 Å². The number of amides is 1. The van der Waals surface area contributed by atoms with Crippen LogP contribution in [0.15, 0.2) is 24.3 Å². The lowest BCUT2D eigenvalue weighted by molar-refractivity contribution is -0.133. The molecule has 4 nitrogen and oxygen atoms in total. The lowest BCUT2D eigenvalue weighted by atomic mass is 9.81. The molecular weight excluding hydrogens is 293 g/mol. The van der Waals surface area contributed by atoms with Crippen molar-refractivity contribution < 1.29 is 9.18 Å². The number of carbonyl (C=O) groups excluding carboxylic acids is 1. The van der Waals surface area contributed by atoms with Crippen LogP contribution in [0.5, 0.6) is 0 Å². The SMILES string of the molecule is O=C(C1NNC2CCCCC21)N1CCC(c2ccc(F)cc2)C1. The Balaban J connectivity index is 1.41. The third-order valence-electron chi connectivity index (χ3n) is 5.78. The van der Waals surface area contributed by atoms with E-state index in [1.54, 1.807) is 0 Å². The fourth-order valence-electron chi connectivity index (χ4n) is 4.45. The van der Waals surface area contributed by atoms with Crippen LogP contribution < -0.4 is 10.9 Å². The Morgan fingerprint density at radius 2 is 1.87 bits per heavy atom. The van der Waals surface area contributed by atoms with Crippen LogP contribution in [0.2, 0.25) is 0 Å². The first kappa shape index (κ1) is 15.1. The number of halogens is 1. The van der Waals surface area contributed by atoms with Gasteiger partial charge in [-0.25, -0.2) is 9.82 Å². The van der Waals surface area contributed by atoms with Gasteiger partial charge in [0.1, 0.15) is 11.9 Å². The minimum Gasteiger partial charge on any atom is -0.341 e. The Bertz CT molecular complexity index is 576. The third kappa shape index (κ3) is 2.88. The molecular formula is C18H24FN3O. The van der Waals surface area contributed by atoms with Crippen LogP contribution in [0.3, 0.4) is 0 Å². The highest BCUT2D eigenvalue weighted by Gasteiger charge is 2.43. The van der Waals surface area contributed by atoms with Gasteiger partial charge in [0.2, 0.25) is 5.91 Å². The Morgan fingerprint density at radius 3 is 2.70 bits per heavy atom. The average Bonchev–Trinajstić information content (AvgIpc) is 3.22. The molecule has 2 N–H and O–H groups in total. The number of nitrogens with one attached hydrogen (secondary N) is 2. The van der Waals surface area contributed by atoms with E-state index in [0.29, 0.717) is 17.9 Å². The highest BCUT2D eigenvalue weighted by molar-refractivity contribution is 5.83. The molecule has 1 amide bonds. The largest absolute Gasteiger partial charge is 0.341 e. The molecule has 23 heavy (non-hydrogen) atoms. The molecule has 3 fully saturated rings. The fraction of sp³-hybridized carbons (Fsp3) is 0.611. The number of carbonyl (C=O) groups is 1. The number of likely N-dealkylation sites (tertiary alicyclic amines) is 1. The van der Waals surface area contributed by atoms with Gasteiger partial charge in [-0.3, -0.25) is 10.2 Å². The Labute approximate surface area is 136 Å². The molecule has 0 aromatic heterocycles. The molecule has 124 valence electrons. The van der Waals surface area contributed by atoms with Crippen molar-refractivity contribution in [3.63, 3.8) is 0 Å². The average molecular weight is 317 g/mol. The van der Waals surface area contributed by atoms with Gasteiger partial charge >= 0.3 is 0 Å². The first-order valence-electron chi connectivity index (χ1n) is 8.77. The van der Waals surface area contributed by atoms with Gasteiger partial charge in [0.05, 0.1) is 0 Å². The van der Waals surface area contributed by atoms with Gasteiger partial charge in [-0.2, -0.15) is 0 Å². The lowest BCUT2D eigenvalue weighted by Gasteiger charge is -2.29. The summed E-state index contributed by atoms with van der Waals surface area (Å²) in [6, 6.07) is 7.09. The summed E-state index contributed by atoms with van der Waals surface area (Å²) in [6.07, 6.45) is 5.75. The van der Waals surface area contributed by atoms with E-state index in [0.717, 1.165) is 31.5 Å². The summed E-state index contributed by atoms with van der Waals surface area (Å²) in [5.41, 5.74) is 7.70. The van der Waals surface area contributed by atoms with Crippen LogP contribution in [0.4, 0.5) is 4.39 Å². The van der Waals surface area contributed by atoms with E-state index in [9.17, 15) is 9.18 Å². The number of hydrazine groups is 1. The zero-order chi connectivity index (χ0) is 15.8. The number of benzene rings is 1. The zero-order valence-electron chi connectivity index (χ0n) is 13.3. The van der Waals surface area contributed by atoms with Crippen LogP contribution >= 0.6 is 0 Å². The normalized spacial score (nSPS) is 33.7. The van der Waals surface area contributed by atoms with Crippen molar-refractivity contribution in [3.05, 3.63) is 35.6 Å². The van der Waals surface area contributed by atoms with Crippen molar-refractivity contribution in [2.24, 2.45) is 5.92 Å². The molecule has 4 atom stereocenters. The summed E-state index contributed by atoms with van der Waals surface area (Å²) in [5, 5.41) is 0. The molecule has 1 aliphatic carbocycles. The molecule has 4 unspecified atom stereocenters. The van der Waals surface area contributed by atoms with Crippen molar-refractivity contribution in [2.75, 3.05) is 13.1 Å². The summed E-state index contributed by atoms with van der Waals surface area (Å²) < 4.78 is 13.1.